The maximum atomic E-state index is 12.1. The summed E-state index contributed by atoms with van der Waals surface area (Å²) >= 11 is 0. The zero-order valence-electron chi connectivity index (χ0n) is 22.5. The second-order valence-corrected chi connectivity index (χ2v) is 13.1. The molecule has 21 heteroatoms. The molecular formula is C24H20N4NiO13S3. The van der Waals surface area contributed by atoms with Gasteiger partial charge in [0.05, 0.1) is 28.0 Å². The zero-order valence-corrected chi connectivity index (χ0v) is 25.9. The Morgan fingerprint density at radius 3 is 1.82 bits per heavy atom. The van der Waals surface area contributed by atoms with E-state index in [1.54, 1.807) is 6.92 Å². The normalized spacial score (nSPS) is 12.6. The Bertz CT molecular complexity index is 2240. The first-order valence-corrected chi connectivity index (χ1v) is 15.9. The number of fused-ring (bicyclic) bond motifs is 1. The molecule has 0 saturated carbocycles. The molecule has 0 amide bonds. The number of aryl methyl sites for hydroxylation is 1. The number of phenolic OH excluding ortho intramolecular Hbond substituents is 3. The van der Waals surface area contributed by atoms with Crippen molar-refractivity contribution in [3.8, 4) is 23.0 Å². The number of nitrogens with zero attached hydrogens (tertiary/aromatic N) is 4. The molecule has 4 rings (SSSR count). The van der Waals surface area contributed by atoms with E-state index in [-0.39, 0.29) is 39.3 Å². The van der Waals surface area contributed by atoms with Gasteiger partial charge in [0, 0.05) is 34.7 Å². The van der Waals surface area contributed by atoms with Crippen molar-refractivity contribution in [2.75, 3.05) is 7.11 Å². The van der Waals surface area contributed by atoms with Gasteiger partial charge in [-0.25, -0.2) is 0 Å². The third-order valence-electron chi connectivity index (χ3n) is 5.96. The second-order valence-electron chi connectivity index (χ2n) is 8.90. The summed E-state index contributed by atoms with van der Waals surface area (Å²) in [5.41, 5.74) is -0.836. The summed E-state index contributed by atoms with van der Waals surface area (Å²) in [6.07, 6.45) is 0. The number of aromatic hydroxyl groups is 3. The van der Waals surface area contributed by atoms with E-state index in [1.165, 1.54) is 13.2 Å². The fourth-order valence-electron chi connectivity index (χ4n) is 3.82. The molecule has 0 spiro atoms. The van der Waals surface area contributed by atoms with E-state index in [9.17, 15) is 54.2 Å². The van der Waals surface area contributed by atoms with Crippen molar-refractivity contribution >= 4 is 63.9 Å². The van der Waals surface area contributed by atoms with Crippen LogP contribution in [-0.4, -0.2) is 61.3 Å². The molecule has 0 bridgehead atoms. The number of hydrogen-bond acceptors (Lipinski definition) is 14. The van der Waals surface area contributed by atoms with Gasteiger partial charge in [0.2, 0.25) is 0 Å². The largest absolute Gasteiger partial charge is 0.507 e. The molecule has 242 valence electrons. The molecule has 6 N–H and O–H groups in total. The predicted molar refractivity (Wildman–Crippen MR) is 151 cm³/mol. The predicted octanol–water partition coefficient (Wildman–Crippen LogP) is 4.84. The minimum atomic E-state index is -5.17. The summed E-state index contributed by atoms with van der Waals surface area (Å²) in [4.78, 5) is -2.35. The number of ether oxygens (including phenoxy) is 1. The van der Waals surface area contributed by atoms with Crippen LogP contribution in [0.4, 0.5) is 22.7 Å². The van der Waals surface area contributed by atoms with Gasteiger partial charge in [0.15, 0.2) is 5.75 Å². The van der Waals surface area contributed by atoms with Gasteiger partial charge in [0.25, 0.3) is 30.4 Å². The number of methoxy groups -OCH3 is 1. The molecule has 0 unspecified atom stereocenters. The molecule has 0 fully saturated rings. The van der Waals surface area contributed by atoms with Crippen LogP contribution >= 0.6 is 0 Å². The van der Waals surface area contributed by atoms with Crippen molar-refractivity contribution in [3.63, 3.8) is 0 Å². The van der Waals surface area contributed by atoms with Crippen molar-refractivity contribution in [1.82, 2.24) is 0 Å². The fraction of sp³-hybridized carbons (Fsp3) is 0.0833. The molecule has 4 aromatic carbocycles. The first kappa shape index (κ1) is 35.2. The number of rotatable bonds is 8. The Labute approximate surface area is 264 Å². The third-order valence-corrected chi connectivity index (χ3v) is 8.50. The Morgan fingerprint density at radius 1 is 0.644 bits per heavy atom. The number of benzene rings is 4. The fourth-order valence-corrected chi connectivity index (χ4v) is 5.51. The van der Waals surface area contributed by atoms with Gasteiger partial charge >= 0.3 is 0 Å². The van der Waals surface area contributed by atoms with Crippen LogP contribution in [0.3, 0.4) is 0 Å². The molecule has 4 aromatic rings. The van der Waals surface area contributed by atoms with Gasteiger partial charge in [0.1, 0.15) is 39.2 Å². The van der Waals surface area contributed by atoms with E-state index in [1.807, 2.05) is 0 Å². The number of hydrogen-bond donors (Lipinski definition) is 6. The molecule has 45 heavy (non-hydrogen) atoms. The van der Waals surface area contributed by atoms with Crippen LogP contribution in [0, 0.1) is 6.92 Å². The van der Waals surface area contributed by atoms with Gasteiger partial charge in [-0.05, 0) is 42.1 Å². The minimum absolute atomic E-state index is 0. The van der Waals surface area contributed by atoms with Crippen LogP contribution in [-0.2, 0) is 46.8 Å². The van der Waals surface area contributed by atoms with Gasteiger partial charge in [-0.1, -0.05) is 6.07 Å². The molecule has 0 aromatic heterocycles. The summed E-state index contributed by atoms with van der Waals surface area (Å²) in [6.45, 7) is 1.59. The average molecular weight is 727 g/mol. The Kier molecular flexibility index (Phi) is 9.90. The number of azo groups is 2. The smallest absolute Gasteiger partial charge is 0.296 e. The molecule has 0 saturated heterocycles. The minimum Gasteiger partial charge on any atom is -0.507 e. The maximum absolute atomic E-state index is 12.1. The van der Waals surface area contributed by atoms with E-state index < -0.39 is 78.7 Å². The SMILES string of the molecule is COc1cc(N=Nc2c(S(=O)(=O)O)cc3cc(S(=O)(=O)O)cc(O)c3c2O)c(O)cc1N=Nc1cc(S(=O)(=O)O)ccc1C.[Ni]. The van der Waals surface area contributed by atoms with Crippen molar-refractivity contribution in [3.05, 3.63) is 54.1 Å². The Balaban J connectivity index is 0.00000552. The Morgan fingerprint density at radius 2 is 1.24 bits per heavy atom. The van der Waals surface area contributed by atoms with Crippen LogP contribution in [0.2, 0.25) is 0 Å². The number of phenols is 3. The van der Waals surface area contributed by atoms with E-state index in [2.05, 4.69) is 20.5 Å². The van der Waals surface area contributed by atoms with E-state index in [0.717, 1.165) is 30.3 Å². The summed E-state index contributed by atoms with van der Waals surface area (Å²) in [6, 6.07) is 7.66. The molecule has 0 aliphatic rings. The molecule has 0 aliphatic carbocycles. The summed E-state index contributed by atoms with van der Waals surface area (Å²) in [5, 5.41) is 45.9. The monoisotopic (exact) mass is 726 g/mol. The van der Waals surface area contributed by atoms with Crippen molar-refractivity contribution in [2.24, 2.45) is 20.5 Å². The maximum Gasteiger partial charge on any atom is 0.296 e. The summed E-state index contributed by atoms with van der Waals surface area (Å²) < 4.78 is 104. The van der Waals surface area contributed by atoms with Gasteiger partial charge in [-0.3, -0.25) is 13.7 Å². The quantitative estimate of drug-likeness (QED) is 0.0806. The van der Waals surface area contributed by atoms with E-state index in [0.29, 0.717) is 17.7 Å². The van der Waals surface area contributed by atoms with E-state index in [4.69, 9.17) is 4.74 Å². The molecule has 0 heterocycles. The molecular weight excluding hydrogens is 707 g/mol. The van der Waals surface area contributed by atoms with Crippen LogP contribution in [0.1, 0.15) is 5.56 Å². The average Bonchev–Trinajstić information content (AvgIpc) is 2.90. The first-order chi connectivity index (χ1) is 20.3. The standard InChI is InChI=1S/C24H20N4O13S3.Ni/c1-11-3-4-13(42(32,33)34)7-15(11)25-27-17-9-18(29)16(10-20(17)41-2)26-28-23-21(44(38,39)40)6-12-5-14(43(35,36)37)8-19(30)22(12)24(23)31;/h3-10,29-31H,1-2H3,(H,32,33,34)(H,35,36,37)(H,38,39,40);. The van der Waals surface area contributed by atoms with Crippen molar-refractivity contribution < 1.29 is 75.5 Å². The van der Waals surface area contributed by atoms with Crippen molar-refractivity contribution in [1.29, 1.82) is 0 Å². The van der Waals surface area contributed by atoms with Crippen LogP contribution in [0.25, 0.3) is 10.8 Å². The molecule has 0 radical (unpaired) electrons. The van der Waals surface area contributed by atoms with E-state index >= 15 is 0 Å². The topological polar surface area (TPSA) is 282 Å². The first-order valence-electron chi connectivity index (χ1n) is 11.6. The van der Waals surface area contributed by atoms with Gasteiger partial charge in [-0.2, -0.15) is 30.4 Å². The van der Waals surface area contributed by atoms with Crippen LogP contribution in [0.15, 0.2) is 83.7 Å². The summed E-state index contributed by atoms with van der Waals surface area (Å²) in [7, 11) is -13.3. The second kappa shape index (κ2) is 12.6. The van der Waals surface area contributed by atoms with Crippen LogP contribution in [0.5, 0.6) is 23.0 Å². The third kappa shape index (κ3) is 7.53. The van der Waals surface area contributed by atoms with Crippen LogP contribution < -0.4 is 4.74 Å². The molecule has 0 aliphatic heterocycles. The molecule has 17 nitrogen and oxygen atoms in total. The molecule has 0 atom stereocenters. The van der Waals surface area contributed by atoms with Gasteiger partial charge in [-0.15, -0.1) is 15.3 Å². The van der Waals surface area contributed by atoms with Crippen molar-refractivity contribution in [2.45, 2.75) is 21.6 Å². The summed E-state index contributed by atoms with van der Waals surface area (Å²) in [5.74, 6) is -2.65. The van der Waals surface area contributed by atoms with Gasteiger partial charge < -0.3 is 20.1 Å². The zero-order chi connectivity index (χ0) is 32.8. The Hall–Kier alpha value is -4.24.